The summed E-state index contributed by atoms with van der Waals surface area (Å²) >= 11 is 0. The van der Waals surface area contributed by atoms with Crippen molar-refractivity contribution >= 4 is 14.6 Å². The van der Waals surface area contributed by atoms with Gasteiger partial charge in [-0.15, -0.1) is 0 Å². The van der Waals surface area contributed by atoms with Gasteiger partial charge in [-0.2, -0.15) is 0 Å². The van der Waals surface area contributed by atoms with Gasteiger partial charge in [-0.1, -0.05) is 0 Å². The second kappa shape index (κ2) is 31.8. The Balaban J connectivity index is 5.30. The van der Waals surface area contributed by atoms with Crippen LogP contribution in [0.3, 0.4) is 0 Å². The van der Waals surface area contributed by atoms with Crippen LogP contribution in [0.2, 0.25) is 0 Å². The molecule has 6 nitrogen and oxygen atoms in total. The van der Waals surface area contributed by atoms with Gasteiger partial charge in [0.15, 0.2) is 0 Å². The van der Waals surface area contributed by atoms with E-state index in [1.165, 1.54) is 128 Å². The summed E-state index contributed by atoms with van der Waals surface area (Å²) < 4.78 is 12.5. The summed E-state index contributed by atoms with van der Waals surface area (Å²) in [6, 6.07) is 0. The Morgan fingerprint density at radius 3 is 0.804 bits per heavy atom. The van der Waals surface area contributed by atoms with Crippen LogP contribution in [-0.4, -0.2) is 56.9 Å². The summed E-state index contributed by atoms with van der Waals surface area (Å²) in [6.07, 6.45) is 37.1. The summed E-state index contributed by atoms with van der Waals surface area (Å²) in [6.45, 7) is 10.7. The van der Waals surface area contributed by atoms with Crippen molar-refractivity contribution in [3.63, 3.8) is 0 Å². The van der Waals surface area contributed by atoms with Gasteiger partial charge in [0.25, 0.3) is 0 Å². The van der Waals surface area contributed by atoms with E-state index in [1.807, 2.05) is 6.92 Å². The Morgan fingerprint density at radius 2 is 0.549 bits per heavy atom. The summed E-state index contributed by atoms with van der Waals surface area (Å²) in [5.74, 6) is 0. The average Bonchev–Trinajstić information content (AvgIpc) is 3.09. The average molecular weight is 769 g/mol. The molecule has 51 heavy (non-hydrogen) atoms. The van der Waals surface area contributed by atoms with Crippen molar-refractivity contribution in [3.05, 3.63) is 0 Å². The molecular weight excluding hydrogens is 674 g/mol. The van der Waals surface area contributed by atoms with Gasteiger partial charge in [0, 0.05) is 0 Å². The molecule has 0 radical (unpaired) electrons. The molecule has 0 bridgehead atoms. The summed E-state index contributed by atoms with van der Waals surface area (Å²) in [4.78, 5) is 47.6. The first kappa shape index (κ1) is 51.6. The van der Waals surface area contributed by atoms with Gasteiger partial charge in [0.2, 0.25) is 0 Å². The summed E-state index contributed by atoms with van der Waals surface area (Å²) in [7, 11) is -8.82. The molecule has 0 aliphatic heterocycles. The van der Waals surface area contributed by atoms with Crippen LogP contribution in [0.4, 0.5) is 0 Å². The third kappa shape index (κ3) is 31.5. The van der Waals surface area contributed by atoms with Crippen LogP contribution in [0.15, 0.2) is 0 Å². The van der Waals surface area contributed by atoms with Gasteiger partial charge in [-0.3, -0.25) is 0 Å². The second-order valence-corrected chi connectivity index (χ2v) is 24.1. The topological polar surface area (TPSA) is 99.4 Å². The molecule has 8 heteroatoms. The Labute approximate surface area is 319 Å². The molecule has 0 heterocycles. The van der Waals surface area contributed by atoms with E-state index in [0.717, 1.165) is 77.0 Å². The van der Waals surface area contributed by atoms with Crippen molar-refractivity contribution in [2.75, 3.05) is 31.3 Å². The molecule has 0 saturated carbocycles. The summed E-state index contributed by atoms with van der Waals surface area (Å²) in [5, 5.41) is 0. The van der Waals surface area contributed by atoms with Crippen LogP contribution >= 0.6 is 14.6 Å². The fourth-order valence-electron chi connectivity index (χ4n) is 7.43. The first-order chi connectivity index (χ1) is 24.4. The first-order valence-corrected chi connectivity index (χ1v) is 27.6. The van der Waals surface area contributed by atoms with Crippen molar-refractivity contribution in [2.45, 2.75) is 246 Å². The molecule has 0 aliphatic rings. The maximum absolute atomic E-state index is 11.9. The number of hydrogen-bond donors (Lipinski definition) is 4. The van der Waals surface area contributed by atoms with Crippen molar-refractivity contribution in [3.8, 4) is 0 Å². The van der Waals surface area contributed by atoms with Crippen molar-refractivity contribution in [2.24, 2.45) is 0 Å². The van der Waals surface area contributed by atoms with E-state index in [1.54, 1.807) is 0 Å². The van der Waals surface area contributed by atoms with Gasteiger partial charge < -0.3 is 0 Å². The third-order valence-electron chi connectivity index (χ3n) is 10.9. The van der Waals surface area contributed by atoms with E-state index in [0.29, 0.717) is 24.6 Å². The molecule has 1 atom stereocenters. The van der Waals surface area contributed by atoms with Gasteiger partial charge in [0.1, 0.15) is 0 Å². The Bertz CT molecular complexity index is 717. The molecule has 0 saturated heterocycles. The second-order valence-electron chi connectivity index (χ2n) is 16.6. The summed E-state index contributed by atoms with van der Waals surface area (Å²) in [5.41, 5.74) is 0. The number of hydrogen-bond acceptors (Lipinski definition) is 6. The molecule has 0 spiro atoms. The predicted octanol–water partition coefficient (Wildman–Crippen LogP) is 14.5. The van der Waals surface area contributed by atoms with Crippen LogP contribution in [0.1, 0.15) is 240 Å². The molecule has 0 aliphatic carbocycles. The Hall–Kier alpha value is 0.620. The van der Waals surface area contributed by atoms with Crippen molar-refractivity contribution < 1.29 is 28.6 Å². The first-order valence-electron chi connectivity index (χ1n) is 22.8. The molecule has 312 valence electrons. The molecule has 1 unspecified atom stereocenters. The monoisotopic (exact) mass is 769 g/mol. The number of unbranched alkanes of at least 4 members (excludes halogenated alkanes) is 28. The molecule has 0 aromatic rings. The zero-order chi connectivity index (χ0) is 38.0. The van der Waals surface area contributed by atoms with E-state index in [2.05, 4.69) is 27.7 Å². The standard InChI is InChI=1S/C43H94O6P2/c1-6-10-14-18-22-26-30-34-38-50(44,45,39-35-31-27-23-19-15-11-7-2)48-42-43(5)49-51(46,47,40-36-32-28-24-20-16-12-8-3)41-37-33-29-25-21-17-13-9-4/h43-47H,6-42H2,1-5H3. The van der Waals surface area contributed by atoms with Crippen LogP contribution in [0.25, 0.3) is 0 Å². The zero-order valence-electron chi connectivity index (χ0n) is 35.2. The predicted molar refractivity (Wildman–Crippen MR) is 229 cm³/mol. The van der Waals surface area contributed by atoms with E-state index in [4.69, 9.17) is 9.05 Å². The fourth-order valence-corrected chi connectivity index (χ4v) is 13.2. The maximum atomic E-state index is 11.9. The van der Waals surface area contributed by atoms with Crippen LogP contribution in [0.5, 0.6) is 0 Å². The molecular formula is C43H94O6P2. The van der Waals surface area contributed by atoms with Crippen molar-refractivity contribution in [1.29, 1.82) is 0 Å². The van der Waals surface area contributed by atoms with E-state index in [9.17, 15) is 19.6 Å². The van der Waals surface area contributed by atoms with Gasteiger partial charge in [-0.25, -0.2) is 0 Å². The third-order valence-corrected chi connectivity index (χ3v) is 17.3. The van der Waals surface area contributed by atoms with Gasteiger partial charge in [-0.05, 0) is 0 Å². The van der Waals surface area contributed by atoms with Gasteiger partial charge in [0.05, 0.1) is 0 Å². The van der Waals surface area contributed by atoms with Crippen molar-refractivity contribution in [1.82, 2.24) is 0 Å². The minimum absolute atomic E-state index is 0.0211. The molecule has 0 rings (SSSR count). The molecule has 0 aromatic heterocycles. The van der Waals surface area contributed by atoms with Crippen LogP contribution < -0.4 is 0 Å². The van der Waals surface area contributed by atoms with Crippen LogP contribution in [0, 0.1) is 0 Å². The fraction of sp³-hybridized carbons (Fsp3) is 1.00. The zero-order valence-corrected chi connectivity index (χ0v) is 37.0. The molecule has 4 N–H and O–H groups in total. The molecule has 0 fully saturated rings. The van der Waals surface area contributed by atoms with E-state index < -0.39 is 20.7 Å². The Kier molecular flexibility index (Phi) is 32.2. The molecule has 0 aromatic carbocycles. The SMILES string of the molecule is CCCCCCCCCCP(O)(O)(CCCCCCCCCC)OCC(C)OP(O)(O)(CCCCCCCCCC)CCCCCCCCCC. The number of rotatable bonds is 41. The molecule has 0 amide bonds. The minimum atomic E-state index is -4.42. The van der Waals surface area contributed by atoms with Crippen LogP contribution in [-0.2, 0) is 9.05 Å². The Morgan fingerprint density at radius 1 is 0.333 bits per heavy atom. The van der Waals surface area contributed by atoms with E-state index >= 15 is 0 Å². The van der Waals surface area contributed by atoms with Gasteiger partial charge >= 0.3 is 321 Å². The van der Waals surface area contributed by atoms with E-state index in [-0.39, 0.29) is 6.61 Å². The normalized spacial score (nSPS) is 14.7. The quantitative estimate of drug-likeness (QED) is 0.0365.